The molecule has 0 spiro atoms. The Hall–Kier alpha value is -4.36. The van der Waals surface area contributed by atoms with Crippen LogP contribution < -0.4 is 21.3 Å². The van der Waals surface area contributed by atoms with Crippen molar-refractivity contribution in [3.63, 3.8) is 0 Å². The standard InChI is InChI=1S/C25H43N7O12/c1-4-5-16(33)26-22(24(41)42)28-18(35)7-10-31(14-20(37)38)12-13-32(15-21(39)40)11-8-19(36)29-23(25(43)44)27-17(34)6-9-30(2)3/h22-23H,4-15H2,1-3H3,(H,26,33)(H,27,34)(H,28,35)(H,29,36)(H,37,38)(H,39,40)(H,41,42)(H,43,44). The maximum Gasteiger partial charge on any atom is 0.347 e. The van der Waals surface area contributed by atoms with E-state index in [1.54, 1.807) is 25.9 Å². The van der Waals surface area contributed by atoms with E-state index in [4.69, 9.17) is 0 Å². The second kappa shape index (κ2) is 21.3. The largest absolute Gasteiger partial charge is 0.480 e. The van der Waals surface area contributed by atoms with Gasteiger partial charge < -0.3 is 46.6 Å². The highest BCUT2D eigenvalue weighted by molar-refractivity contribution is 5.88. The molecule has 0 aromatic heterocycles. The zero-order valence-electron chi connectivity index (χ0n) is 25.0. The molecule has 0 aliphatic rings. The summed E-state index contributed by atoms with van der Waals surface area (Å²) in [6.45, 7) is 0.504. The van der Waals surface area contributed by atoms with Crippen LogP contribution in [0.25, 0.3) is 0 Å². The molecule has 250 valence electrons. The molecule has 19 nitrogen and oxygen atoms in total. The third-order valence-corrected chi connectivity index (χ3v) is 5.74. The molecule has 0 heterocycles. The molecule has 0 aromatic rings. The van der Waals surface area contributed by atoms with Crippen molar-refractivity contribution in [3.8, 4) is 0 Å². The lowest BCUT2D eigenvalue weighted by atomic mass is 10.3. The molecule has 0 saturated carbocycles. The summed E-state index contributed by atoms with van der Waals surface area (Å²) in [7, 11) is 3.44. The van der Waals surface area contributed by atoms with Crippen LogP contribution in [-0.2, 0) is 38.4 Å². The highest BCUT2D eigenvalue weighted by atomic mass is 16.4. The molecule has 0 saturated heterocycles. The average Bonchev–Trinajstić information content (AvgIpc) is 2.90. The second-order valence-electron chi connectivity index (χ2n) is 9.96. The van der Waals surface area contributed by atoms with Crippen LogP contribution in [0.2, 0.25) is 0 Å². The Bertz CT molecular complexity index is 1020. The van der Waals surface area contributed by atoms with E-state index in [9.17, 15) is 58.8 Å². The van der Waals surface area contributed by atoms with Gasteiger partial charge in [0, 0.05) is 58.4 Å². The summed E-state index contributed by atoms with van der Waals surface area (Å²) in [6.07, 6.45) is -3.59. The fourth-order valence-electron chi connectivity index (χ4n) is 3.53. The van der Waals surface area contributed by atoms with Crippen LogP contribution in [0.15, 0.2) is 0 Å². The van der Waals surface area contributed by atoms with Gasteiger partial charge in [-0.2, -0.15) is 0 Å². The molecule has 19 heteroatoms. The Balaban J connectivity index is 5.13. The van der Waals surface area contributed by atoms with E-state index < -0.39 is 72.9 Å². The van der Waals surface area contributed by atoms with E-state index in [1.165, 1.54) is 9.80 Å². The minimum atomic E-state index is -1.71. The molecule has 0 bridgehead atoms. The lowest BCUT2D eigenvalue weighted by molar-refractivity contribution is -0.145. The predicted octanol–water partition coefficient (Wildman–Crippen LogP) is -3.42. The zero-order valence-corrected chi connectivity index (χ0v) is 25.0. The third-order valence-electron chi connectivity index (χ3n) is 5.74. The number of nitrogens with one attached hydrogen (secondary N) is 4. The molecule has 0 aliphatic carbocycles. The van der Waals surface area contributed by atoms with Gasteiger partial charge in [0.2, 0.25) is 36.0 Å². The van der Waals surface area contributed by atoms with Crippen molar-refractivity contribution in [1.29, 1.82) is 0 Å². The summed E-state index contributed by atoms with van der Waals surface area (Å²) in [4.78, 5) is 98.2. The number of aliphatic carboxylic acids is 4. The maximum atomic E-state index is 12.4. The van der Waals surface area contributed by atoms with Crippen molar-refractivity contribution in [1.82, 2.24) is 36.0 Å². The summed E-state index contributed by atoms with van der Waals surface area (Å²) < 4.78 is 0. The van der Waals surface area contributed by atoms with Gasteiger partial charge in [0.25, 0.3) is 0 Å². The van der Waals surface area contributed by atoms with Crippen molar-refractivity contribution >= 4 is 47.5 Å². The van der Waals surface area contributed by atoms with Gasteiger partial charge in [-0.15, -0.1) is 0 Å². The number of nitrogens with zero attached hydrogens (tertiary/aromatic N) is 3. The first-order valence-corrected chi connectivity index (χ1v) is 13.7. The first-order valence-electron chi connectivity index (χ1n) is 13.7. The third kappa shape index (κ3) is 19.7. The lowest BCUT2D eigenvalue weighted by Gasteiger charge is -2.26. The van der Waals surface area contributed by atoms with Gasteiger partial charge in [0.15, 0.2) is 0 Å². The first-order chi connectivity index (χ1) is 20.5. The van der Waals surface area contributed by atoms with Crippen molar-refractivity contribution in [2.24, 2.45) is 0 Å². The van der Waals surface area contributed by atoms with Gasteiger partial charge in [-0.05, 0) is 20.5 Å². The molecular formula is C25H43N7O12. The number of carboxylic acid groups (broad SMARTS) is 4. The summed E-state index contributed by atoms with van der Waals surface area (Å²) in [5, 5.41) is 45.7. The molecule has 2 atom stereocenters. The Morgan fingerprint density at radius 1 is 0.523 bits per heavy atom. The fourth-order valence-corrected chi connectivity index (χ4v) is 3.53. The van der Waals surface area contributed by atoms with Gasteiger partial charge in [-0.3, -0.25) is 38.6 Å². The molecule has 0 radical (unpaired) electrons. The van der Waals surface area contributed by atoms with Gasteiger partial charge >= 0.3 is 23.9 Å². The van der Waals surface area contributed by atoms with Crippen LogP contribution in [0.3, 0.4) is 0 Å². The molecule has 0 aliphatic heterocycles. The molecular weight excluding hydrogens is 590 g/mol. The number of carbonyl (C=O) groups is 8. The monoisotopic (exact) mass is 633 g/mol. The lowest BCUT2D eigenvalue weighted by Crippen LogP contribution is -2.53. The zero-order chi connectivity index (χ0) is 33.8. The van der Waals surface area contributed by atoms with Gasteiger partial charge in [0.1, 0.15) is 0 Å². The van der Waals surface area contributed by atoms with Crippen molar-refractivity contribution in [2.75, 3.05) is 59.9 Å². The number of hydrogen-bond acceptors (Lipinski definition) is 11. The summed E-state index contributed by atoms with van der Waals surface area (Å²) >= 11 is 0. The number of hydrogen-bond donors (Lipinski definition) is 8. The van der Waals surface area contributed by atoms with Gasteiger partial charge in [-0.1, -0.05) is 6.92 Å². The van der Waals surface area contributed by atoms with E-state index in [-0.39, 0.29) is 51.9 Å². The Morgan fingerprint density at radius 3 is 1.11 bits per heavy atom. The predicted molar refractivity (Wildman–Crippen MR) is 151 cm³/mol. The topological polar surface area (TPSA) is 275 Å². The first kappa shape index (κ1) is 39.6. The Morgan fingerprint density at radius 2 is 0.841 bits per heavy atom. The van der Waals surface area contributed by atoms with Crippen LogP contribution in [0, 0.1) is 0 Å². The smallest absolute Gasteiger partial charge is 0.347 e. The van der Waals surface area contributed by atoms with Crippen LogP contribution in [0.1, 0.15) is 39.0 Å². The normalized spacial score (nSPS) is 12.3. The minimum absolute atomic E-state index is 0.0107. The average molecular weight is 634 g/mol. The molecule has 0 rings (SSSR count). The molecule has 8 N–H and O–H groups in total. The van der Waals surface area contributed by atoms with Crippen molar-refractivity contribution in [3.05, 3.63) is 0 Å². The SMILES string of the molecule is CCCC(=O)NC(NC(=O)CCN(CCN(CCC(=O)NC(NC(=O)CCN(C)C)C(=O)O)CC(=O)O)CC(=O)O)C(=O)O. The molecule has 0 aromatic carbocycles. The summed E-state index contributed by atoms with van der Waals surface area (Å²) in [5.41, 5.74) is 0. The van der Waals surface area contributed by atoms with Gasteiger partial charge in [-0.25, -0.2) is 9.59 Å². The number of carboxylic acids is 4. The Kier molecular flexibility index (Phi) is 19.2. The van der Waals surface area contributed by atoms with E-state index in [0.29, 0.717) is 13.0 Å². The van der Waals surface area contributed by atoms with Crippen LogP contribution in [0.5, 0.6) is 0 Å². The van der Waals surface area contributed by atoms with E-state index in [1.807, 2.05) is 0 Å². The highest BCUT2D eigenvalue weighted by Crippen LogP contribution is 1.99. The summed E-state index contributed by atoms with van der Waals surface area (Å²) in [5.74, 6) is -8.28. The van der Waals surface area contributed by atoms with Crippen LogP contribution in [0.4, 0.5) is 0 Å². The number of carbonyl (C=O) groups excluding carboxylic acids is 4. The Labute approximate surface area is 253 Å². The summed E-state index contributed by atoms with van der Waals surface area (Å²) in [6, 6.07) is 0. The number of rotatable bonds is 24. The molecule has 4 amide bonds. The fraction of sp³-hybridized carbons (Fsp3) is 0.680. The van der Waals surface area contributed by atoms with Crippen molar-refractivity contribution < 1.29 is 58.8 Å². The quantitative estimate of drug-likeness (QED) is 0.0481. The van der Waals surface area contributed by atoms with E-state index >= 15 is 0 Å². The van der Waals surface area contributed by atoms with E-state index in [2.05, 4.69) is 21.3 Å². The highest BCUT2D eigenvalue weighted by Gasteiger charge is 2.24. The molecule has 0 fully saturated rings. The van der Waals surface area contributed by atoms with E-state index in [0.717, 1.165) is 0 Å². The molecule has 44 heavy (non-hydrogen) atoms. The van der Waals surface area contributed by atoms with Crippen LogP contribution >= 0.6 is 0 Å². The minimum Gasteiger partial charge on any atom is -0.480 e. The second-order valence-corrected chi connectivity index (χ2v) is 9.96. The van der Waals surface area contributed by atoms with Crippen molar-refractivity contribution in [2.45, 2.75) is 51.4 Å². The van der Waals surface area contributed by atoms with Crippen LogP contribution in [-0.4, -0.2) is 155 Å². The number of amides is 4. The van der Waals surface area contributed by atoms with Gasteiger partial charge in [0.05, 0.1) is 13.1 Å². The molecule has 2 unspecified atom stereocenters. The maximum absolute atomic E-state index is 12.4.